The Balaban J connectivity index is 1.53. The van der Waals surface area contributed by atoms with Gasteiger partial charge < -0.3 is 10.6 Å². The fraction of sp³-hybridized carbons (Fsp3) is 0.562. The highest BCUT2D eigenvalue weighted by molar-refractivity contribution is 5.81. The smallest absolute Gasteiger partial charge is 0.223 e. The van der Waals surface area contributed by atoms with E-state index in [0.717, 1.165) is 49.1 Å². The lowest BCUT2D eigenvalue weighted by Crippen LogP contribution is -2.28. The second-order valence-electron chi connectivity index (χ2n) is 6.24. The van der Waals surface area contributed by atoms with E-state index in [1.807, 2.05) is 10.7 Å². The number of nitrogens with one attached hydrogen (secondary N) is 2. The Kier molecular flexibility index (Phi) is 3.54. The highest BCUT2D eigenvalue weighted by Crippen LogP contribution is 2.29. The van der Waals surface area contributed by atoms with Crippen molar-refractivity contribution in [3.63, 3.8) is 0 Å². The second kappa shape index (κ2) is 5.68. The summed E-state index contributed by atoms with van der Waals surface area (Å²) in [5.74, 6) is 0.909. The van der Waals surface area contributed by atoms with Gasteiger partial charge in [-0.1, -0.05) is 0 Å². The van der Waals surface area contributed by atoms with Crippen molar-refractivity contribution < 1.29 is 4.79 Å². The summed E-state index contributed by atoms with van der Waals surface area (Å²) < 4.78 is 1.94. The topological polar surface area (TPSA) is 71.8 Å². The fourth-order valence-electron chi connectivity index (χ4n) is 3.15. The maximum absolute atomic E-state index is 11.7. The number of nitrogens with zero attached hydrogens (tertiary/aromatic N) is 3. The summed E-state index contributed by atoms with van der Waals surface area (Å²) in [5, 5.41) is 12.3. The minimum Gasteiger partial charge on any atom is -0.354 e. The average Bonchev–Trinajstić information content (AvgIpc) is 3.13. The Hall–Kier alpha value is -1.95. The Morgan fingerprint density at radius 3 is 3.09 bits per heavy atom. The number of hydrogen-bond donors (Lipinski definition) is 2. The van der Waals surface area contributed by atoms with Crippen molar-refractivity contribution in [2.24, 2.45) is 5.92 Å². The quantitative estimate of drug-likeness (QED) is 0.865. The largest absolute Gasteiger partial charge is 0.354 e. The molecule has 1 saturated carbocycles. The van der Waals surface area contributed by atoms with E-state index in [9.17, 15) is 4.79 Å². The van der Waals surface area contributed by atoms with Gasteiger partial charge in [0.2, 0.25) is 5.91 Å². The van der Waals surface area contributed by atoms with Gasteiger partial charge in [0, 0.05) is 36.5 Å². The lowest BCUT2D eigenvalue weighted by molar-refractivity contribution is -0.122. The van der Waals surface area contributed by atoms with Crippen molar-refractivity contribution in [2.75, 3.05) is 19.6 Å². The van der Waals surface area contributed by atoms with E-state index in [1.165, 1.54) is 0 Å². The molecule has 0 unspecified atom stereocenters. The number of pyridine rings is 1. The summed E-state index contributed by atoms with van der Waals surface area (Å²) in [6.07, 6.45) is 5.01. The number of carbonyl (C=O) groups excluding carboxylic acids is 1. The zero-order chi connectivity index (χ0) is 14.9. The van der Waals surface area contributed by atoms with E-state index in [2.05, 4.69) is 21.7 Å². The molecule has 116 valence electrons. The zero-order valence-corrected chi connectivity index (χ0v) is 12.6. The van der Waals surface area contributed by atoms with Crippen molar-refractivity contribution in [1.82, 2.24) is 25.4 Å². The molecule has 22 heavy (non-hydrogen) atoms. The molecule has 0 radical (unpaired) electrons. The van der Waals surface area contributed by atoms with Crippen LogP contribution in [0.15, 0.2) is 18.3 Å². The molecule has 4 rings (SSSR count). The molecule has 2 aromatic rings. The number of aromatic nitrogens is 3. The van der Waals surface area contributed by atoms with Gasteiger partial charge in [-0.3, -0.25) is 4.79 Å². The highest BCUT2D eigenvalue weighted by atomic mass is 16.2. The molecule has 2 fully saturated rings. The molecule has 0 bridgehead atoms. The molecule has 1 aliphatic heterocycles. The Labute approximate surface area is 129 Å². The first-order valence-electron chi connectivity index (χ1n) is 8.13. The van der Waals surface area contributed by atoms with E-state index in [4.69, 9.17) is 5.10 Å². The molecule has 2 N–H and O–H groups in total. The van der Waals surface area contributed by atoms with Gasteiger partial charge in [-0.15, -0.1) is 0 Å². The van der Waals surface area contributed by atoms with E-state index < -0.39 is 0 Å². The van der Waals surface area contributed by atoms with Crippen LogP contribution >= 0.6 is 0 Å². The summed E-state index contributed by atoms with van der Waals surface area (Å²) in [6.45, 7) is 3.33. The maximum atomic E-state index is 11.7. The molecule has 2 aliphatic rings. The molecule has 0 spiro atoms. The number of carbonyl (C=O) groups is 1. The summed E-state index contributed by atoms with van der Waals surface area (Å²) >= 11 is 0. The monoisotopic (exact) mass is 299 g/mol. The van der Waals surface area contributed by atoms with Crippen LogP contribution in [0.5, 0.6) is 0 Å². The van der Waals surface area contributed by atoms with Crippen LogP contribution < -0.4 is 10.6 Å². The molecule has 6 nitrogen and oxygen atoms in total. The third kappa shape index (κ3) is 2.59. The number of rotatable bonds is 5. The lowest BCUT2D eigenvalue weighted by Gasteiger charge is -2.06. The first-order valence-corrected chi connectivity index (χ1v) is 8.13. The Bertz CT molecular complexity index is 685. The first kappa shape index (κ1) is 13.7. The predicted molar refractivity (Wildman–Crippen MR) is 83.5 cm³/mol. The summed E-state index contributed by atoms with van der Waals surface area (Å²) in [4.78, 5) is 16.2. The van der Waals surface area contributed by atoms with Gasteiger partial charge in [0.05, 0.1) is 12.2 Å². The Morgan fingerprint density at radius 1 is 1.41 bits per heavy atom. The summed E-state index contributed by atoms with van der Waals surface area (Å²) in [7, 11) is 0. The Morgan fingerprint density at radius 2 is 2.32 bits per heavy atom. The minimum atomic E-state index is 0.185. The van der Waals surface area contributed by atoms with Gasteiger partial charge in [0.15, 0.2) is 5.65 Å². The third-order valence-corrected chi connectivity index (χ3v) is 4.55. The molecule has 1 atom stereocenters. The maximum Gasteiger partial charge on any atom is 0.223 e. The molecule has 3 heterocycles. The summed E-state index contributed by atoms with van der Waals surface area (Å²) in [6, 6.07) is 4.07. The second-order valence-corrected chi connectivity index (χ2v) is 6.24. The van der Waals surface area contributed by atoms with E-state index in [1.54, 1.807) is 6.20 Å². The van der Waals surface area contributed by atoms with E-state index in [0.29, 0.717) is 19.0 Å². The normalized spacial score (nSPS) is 21.4. The fourth-order valence-corrected chi connectivity index (χ4v) is 3.15. The van der Waals surface area contributed by atoms with Crippen molar-refractivity contribution in [2.45, 2.75) is 31.7 Å². The SMILES string of the molecule is O=C(NCCn1nc([C@@H]2CCNC2)c2cccnc21)C1CC1. The van der Waals surface area contributed by atoms with Crippen LogP contribution in [0.2, 0.25) is 0 Å². The van der Waals surface area contributed by atoms with Gasteiger partial charge in [-0.05, 0) is 37.9 Å². The van der Waals surface area contributed by atoms with Crippen molar-refractivity contribution in [1.29, 1.82) is 0 Å². The van der Waals surface area contributed by atoms with Crippen LogP contribution in [0.4, 0.5) is 0 Å². The minimum absolute atomic E-state index is 0.185. The standard InChI is InChI=1S/C16H21N5O/c22-16(11-3-4-11)19-8-9-21-15-13(2-1-6-18-15)14(20-21)12-5-7-17-10-12/h1-2,6,11-12,17H,3-5,7-10H2,(H,19,22)/t12-/m1/s1. The number of fused-ring (bicyclic) bond motifs is 1. The molecular weight excluding hydrogens is 278 g/mol. The van der Waals surface area contributed by atoms with Gasteiger partial charge in [-0.25, -0.2) is 9.67 Å². The van der Waals surface area contributed by atoms with Crippen LogP contribution in [0, 0.1) is 5.92 Å². The van der Waals surface area contributed by atoms with E-state index >= 15 is 0 Å². The molecule has 6 heteroatoms. The highest BCUT2D eigenvalue weighted by Gasteiger charge is 2.29. The molecule has 1 amide bonds. The zero-order valence-electron chi connectivity index (χ0n) is 12.6. The third-order valence-electron chi connectivity index (χ3n) is 4.55. The van der Waals surface area contributed by atoms with Crippen LogP contribution in [0.25, 0.3) is 11.0 Å². The van der Waals surface area contributed by atoms with Crippen LogP contribution in [-0.4, -0.2) is 40.3 Å². The van der Waals surface area contributed by atoms with Gasteiger partial charge in [-0.2, -0.15) is 5.10 Å². The molecule has 1 aliphatic carbocycles. The van der Waals surface area contributed by atoms with E-state index in [-0.39, 0.29) is 11.8 Å². The summed E-state index contributed by atoms with van der Waals surface area (Å²) in [5.41, 5.74) is 2.06. The van der Waals surface area contributed by atoms with Gasteiger partial charge in [0.1, 0.15) is 0 Å². The van der Waals surface area contributed by atoms with Crippen molar-refractivity contribution in [3.8, 4) is 0 Å². The van der Waals surface area contributed by atoms with Crippen LogP contribution in [0.1, 0.15) is 30.9 Å². The van der Waals surface area contributed by atoms with Crippen LogP contribution in [-0.2, 0) is 11.3 Å². The van der Waals surface area contributed by atoms with Crippen LogP contribution in [0.3, 0.4) is 0 Å². The number of amides is 1. The van der Waals surface area contributed by atoms with Crippen molar-refractivity contribution in [3.05, 3.63) is 24.0 Å². The molecule has 0 aromatic carbocycles. The molecular formula is C16H21N5O. The average molecular weight is 299 g/mol. The lowest BCUT2D eigenvalue weighted by atomic mass is 10.0. The number of hydrogen-bond acceptors (Lipinski definition) is 4. The van der Waals surface area contributed by atoms with Gasteiger partial charge in [0.25, 0.3) is 0 Å². The first-order chi connectivity index (χ1) is 10.8. The predicted octanol–water partition coefficient (Wildman–Crippen LogP) is 1.03. The van der Waals surface area contributed by atoms with Crippen molar-refractivity contribution >= 4 is 16.9 Å². The molecule has 2 aromatic heterocycles. The van der Waals surface area contributed by atoms with Gasteiger partial charge >= 0.3 is 0 Å². The molecule has 1 saturated heterocycles.